The second kappa shape index (κ2) is 11.6. The van der Waals surface area contributed by atoms with Crippen molar-refractivity contribution in [2.75, 3.05) is 38.3 Å². The fraction of sp³-hybridized carbons (Fsp3) is 0.409. The highest BCUT2D eigenvalue weighted by molar-refractivity contribution is 14.0. The summed E-state index contributed by atoms with van der Waals surface area (Å²) < 4.78 is 46.4. The van der Waals surface area contributed by atoms with E-state index in [0.717, 1.165) is 11.1 Å². The third-order valence-corrected chi connectivity index (χ3v) is 5.15. The number of aryl methyl sites for hydroxylation is 1. The van der Waals surface area contributed by atoms with Gasteiger partial charge in [0.1, 0.15) is 0 Å². The lowest BCUT2D eigenvalue weighted by molar-refractivity contribution is -0.138. The number of nitrogens with zero attached hydrogens (tertiary/aromatic N) is 2. The van der Waals surface area contributed by atoms with E-state index in [-0.39, 0.29) is 36.1 Å². The number of halogens is 4. The van der Waals surface area contributed by atoms with Crippen molar-refractivity contribution >= 4 is 35.6 Å². The predicted molar refractivity (Wildman–Crippen MR) is 128 cm³/mol. The summed E-state index contributed by atoms with van der Waals surface area (Å²) in [5.41, 5.74) is 2.35. The van der Waals surface area contributed by atoms with E-state index in [1.54, 1.807) is 13.1 Å². The second-order valence-electron chi connectivity index (χ2n) is 7.14. The first kappa shape index (κ1) is 25.3. The number of morpholine rings is 1. The third kappa shape index (κ3) is 6.99. The van der Waals surface area contributed by atoms with Gasteiger partial charge in [0, 0.05) is 38.9 Å². The zero-order valence-electron chi connectivity index (χ0n) is 17.6. The van der Waals surface area contributed by atoms with Gasteiger partial charge in [-0.05, 0) is 35.7 Å². The van der Waals surface area contributed by atoms with E-state index < -0.39 is 11.7 Å². The molecule has 1 fully saturated rings. The molecule has 0 atom stereocenters. The molecular weight excluding hydrogens is 520 g/mol. The van der Waals surface area contributed by atoms with Crippen LogP contribution in [0.25, 0.3) is 0 Å². The Balaban J connectivity index is 0.00000341. The van der Waals surface area contributed by atoms with Crippen molar-refractivity contribution in [3.63, 3.8) is 0 Å². The molecule has 170 valence electrons. The van der Waals surface area contributed by atoms with Crippen LogP contribution in [0.1, 0.15) is 22.3 Å². The fourth-order valence-corrected chi connectivity index (χ4v) is 3.39. The molecule has 0 aromatic heterocycles. The molecule has 0 bridgehead atoms. The Kier molecular flexibility index (Phi) is 9.42. The average molecular weight is 548 g/mol. The third-order valence-electron chi connectivity index (χ3n) is 5.15. The molecule has 2 aromatic carbocycles. The van der Waals surface area contributed by atoms with Gasteiger partial charge in [0.15, 0.2) is 5.96 Å². The van der Waals surface area contributed by atoms with Crippen LogP contribution in [0.15, 0.2) is 47.5 Å². The number of hydrogen-bond donors (Lipinski definition) is 2. The van der Waals surface area contributed by atoms with Gasteiger partial charge in [-0.2, -0.15) is 13.2 Å². The lowest BCUT2D eigenvalue weighted by Gasteiger charge is -2.29. The minimum absolute atomic E-state index is 0. The molecule has 0 radical (unpaired) electrons. The van der Waals surface area contributed by atoms with E-state index in [4.69, 9.17) is 4.74 Å². The monoisotopic (exact) mass is 548 g/mol. The summed E-state index contributed by atoms with van der Waals surface area (Å²) in [6, 6.07) is 12.4. The number of alkyl halides is 3. The van der Waals surface area contributed by atoms with Crippen LogP contribution in [0.3, 0.4) is 0 Å². The number of anilines is 1. The number of aliphatic imine (C=N–C) groups is 1. The average Bonchev–Trinajstić information content (AvgIpc) is 2.75. The quantitative estimate of drug-likeness (QED) is 0.332. The molecule has 0 amide bonds. The van der Waals surface area contributed by atoms with Gasteiger partial charge in [-0.3, -0.25) is 4.99 Å². The van der Waals surface area contributed by atoms with Crippen molar-refractivity contribution in [1.82, 2.24) is 10.6 Å². The molecule has 5 nitrogen and oxygen atoms in total. The maximum absolute atomic E-state index is 13.7. The van der Waals surface area contributed by atoms with Crippen LogP contribution in [0.4, 0.5) is 18.9 Å². The lowest BCUT2D eigenvalue weighted by Crippen LogP contribution is -2.37. The molecule has 0 unspecified atom stereocenters. The van der Waals surface area contributed by atoms with E-state index in [0.29, 0.717) is 44.5 Å². The van der Waals surface area contributed by atoms with Gasteiger partial charge < -0.3 is 20.3 Å². The van der Waals surface area contributed by atoms with E-state index in [1.807, 2.05) is 36.1 Å². The number of benzene rings is 2. The molecule has 0 aliphatic carbocycles. The molecule has 1 saturated heterocycles. The SMILES string of the molecule is CN=C(NCc1ccccc1C)NCc1ccc(N2CCOCC2)cc1C(F)(F)F.I. The molecule has 0 spiro atoms. The van der Waals surface area contributed by atoms with Gasteiger partial charge >= 0.3 is 6.18 Å². The minimum Gasteiger partial charge on any atom is -0.378 e. The minimum atomic E-state index is -4.43. The van der Waals surface area contributed by atoms with Gasteiger partial charge in [0.25, 0.3) is 0 Å². The van der Waals surface area contributed by atoms with Crippen LogP contribution in [0.2, 0.25) is 0 Å². The van der Waals surface area contributed by atoms with Crippen LogP contribution in [-0.4, -0.2) is 39.3 Å². The molecule has 2 aromatic rings. The summed E-state index contributed by atoms with van der Waals surface area (Å²) in [7, 11) is 1.60. The van der Waals surface area contributed by atoms with Crippen LogP contribution in [0, 0.1) is 6.92 Å². The Labute approximate surface area is 198 Å². The summed E-state index contributed by atoms with van der Waals surface area (Å²) in [6.45, 7) is 4.79. The highest BCUT2D eigenvalue weighted by Crippen LogP contribution is 2.35. The van der Waals surface area contributed by atoms with Crippen LogP contribution in [-0.2, 0) is 24.0 Å². The largest absolute Gasteiger partial charge is 0.416 e. The highest BCUT2D eigenvalue weighted by atomic mass is 127. The van der Waals surface area contributed by atoms with Crippen molar-refractivity contribution in [3.8, 4) is 0 Å². The van der Waals surface area contributed by atoms with Crippen LogP contribution < -0.4 is 15.5 Å². The van der Waals surface area contributed by atoms with Crippen molar-refractivity contribution in [2.24, 2.45) is 4.99 Å². The second-order valence-corrected chi connectivity index (χ2v) is 7.14. The highest BCUT2D eigenvalue weighted by Gasteiger charge is 2.34. The lowest BCUT2D eigenvalue weighted by atomic mass is 10.0. The number of guanidine groups is 1. The topological polar surface area (TPSA) is 48.9 Å². The van der Waals surface area contributed by atoms with Crippen molar-refractivity contribution in [1.29, 1.82) is 0 Å². The Bertz CT molecular complexity index is 883. The summed E-state index contributed by atoms with van der Waals surface area (Å²) in [5, 5.41) is 6.15. The van der Waals surface area contributed by atoms with E-state index in [2.05, 4.69) is 15.6 Å². The maximum Gasteiger partial charge on any atom is 0.416 e. The Morgan fingerprint density at radius 1 is 1.03 bits per heavy atom. The Morgan fingerprint density at radius 3 is 2.29 bits per heavy atom. The number of ether oxygens (including phenoxy) is 1. The van der Waals surface area contributed by atoms with Crippen molar-refractivity contribution in [3.05, 3.63) is 64.7 Å². The van der Waals surface area contributed by atoms with E-state index in [1.165, 1.54) is 12.1 Å². The zero-order valence-corrected chi connectivity index (χ0v) is 20.0. The molecule has 0 saturated carbocycles. The fourth-order valence-electron chi connectivity index (χ4n) is 3.39. The summed E-state index contributed by atoms with van der Waals surface area (Å²) in [5.74, 6) is 0.448. The smallest absolute Gasteiger partial charge is 0.378 e. The van der Waals surface area contributed by atoms with Crippen LogP contribution >= 0.6 is 24.0 Å². The van der Waals surface area contributed by atoms with Crippen molar-refractivity contribution in [2.45, 2.75) is 26.2 Å². The first-order valence-electron chi connectivity index (χ1n) is 9.90. The van der Waals surface area contributed by atoms with Gasteiger partial charge in [-0.1, -0.05) is 30.3 Å². The molecule has 1 heterocycles. The predicted octanol–water partition coefficient (Wildman–Crippen LogP) is 4.33. The van der Waals surface area contributed by atoms with Crippen molar-refractivity contribution < 1.29 is 17.9 Å². The van der Waals surface area contributed by atoms with Crippen LogP contribution in [0.5, 0.6) is 0 Å². The number of rotatable bonds is 5. The Hall–Kier alpha value is -2.01. The molecule has 9 heteroatoms. The molecule has 31 heavy (non-hydrogen) atoms. The molecule has 3 rings (SSSR count). The standard InChI is InChI=1S/C22H27F3N4O.HI/c1-16-5-3-4-6-17(16)14-27-21(26-2)28-15-18-7-8-19(13-20(18)22(23,24)25)29-9-11-30-12-10-29;/h3-8,13H,9-12,14-15H2,1-2H3,(H2,26,27,28);1H. The number of hydrogen-bond acceptors (Lipinski definition) is 3. The molecule has 1 aliphatic rings. The van der Waals surface area contributed by atoms with Gasteiger partial charge in [0.05, 0.1) is 18.8 Å². The summed E-state index contributed by atoms with van der Waals surface area (Å²) >= 11 is 0. The maximum atomic E-state index is 13.7. The molecule has 2 N–H and O–H groups in total. The zero-order chi connectivity index (χ0) is 21.6. The van der Waals surface area contributed by atoms with Gasteiger partial charge in [-0.15, -0.1) is 24.0 Å². The van der Waals surface area contributed by atoms with E-state index in [9.17, 15) is 13.2 Å². The normalized spacial score (nSPS) is 14.7. The first-order valence-corrected chi connectivity index (χ1v) is 9.90. The van der Waals surface area contributed by atoms with Gasteiger partial charge in [0.2, 0.25) is 0 Å². The Morgan fingerprint density at radius 2 is 1.68 bits per heavy atom. The number of nitrogens with one attached hydrogen (secondary N) is 2. The van der Waals surface area contributed by atoms with Gasteiger partial charge in [-0.25, -0.2) is 0 Å². The van der Waals surface area contributed by atoms with E-state index >= 15 is 0 Å². The molecular formula is C22H28F3IN4O. The summed E-state index contributed by atoms with van der Waals surface area (Å²) in [4.78, 5) is 6.04. The molecule has 1 aliphatic heterocycles. The summed E-state index contributed by atoms with van der Waals surface area (Å²) in [6.07, 6.45) is -4.43. The first-order chi connectivity index (χ1) is 14.4.